The van der Waals surface area contributed by atoms with Gasteiger partial charge in [-0.25, -0.2) is 0 Å². The minimum absolute atomic E-state index is 0. The fourth-order valence-corrected chi connectivity index (χ4v) is 0.354. The van der Waals surface area contributed by atoms with E-state index in [4.69, 9.17) is 0 Å². The monoisotopic (exact) mass is 160 g/mol. The minimum Gasteiger partial charge on any atom is -0.514 e. The van der Waals surface area contributed by atoms with Crippen LogP contribution in [0.4, 0.5) is 0 Å². The third-order valence-electron chi connectivity index (χ3n) is 0.262. The van der Waals surface area contributed by atoms with Crippen molar-refractivity contribution < 1.29 is 4.74 Å². The standard InChI is InChI=1S/C3H6OS2.K/c1-2-4-3(5)6;/h2H2,1H3,(H,5,6);/p-1. The molecule has 0 bridgehead atoms. The van der Waals surface area contributed by atoms with E-state index in [1.807, 2.05) is 6.92 Å². The van der Waals surface area contributed by atoms with Crippen LogP contribution >= 0.6 is 12.2 Å². The van der Waals surface area contributed by atoms with E-state index in [2.05, 4.69) is 29.6 Å². The number of rotatable bonds is 1. The zero-order valence-corrected chi connectivity index (χ0v) is 9.19. The van der Waals surface area contributed by atoms with Gasteiger partial charge in [0.25, 0.3) is 0 Å². The molecule has 0 aromatic carbocycles. The van der Waals surface area contributed by atoms with Gasteiger partial charge in [-0.3, -0.25) is 0 Å². The number of hydrogen-bond acceptors (Lipinski definition) is 3. The predicted molar refractivity (Wildman–Crippen MR) is 37.3 cm³/mol. The molecule has 0 saturated heterocycles. The molecule has 0 heterocycles. The van der Waals surface area contributed by atoms with Gasteiger partial charge in [-0.2, -0.15) is 0 Å². The summed E-state index contributed by atoms with van der Waals surface area (Å²) in [6.45, 7) is 2.43. The van der Waals surface area contributed by atoms with Crippen LogP contribution in [-0.4, -0.2) is 62.4 Å². The molecule has 4 heteroatoms. The third-order valence-corrected chi connectivity index (χ3v) is 0.498. The minimum atomic E-state index is 0. The van der Waals surface area contributed by atoms with Gasteiger partial charge in [0.1, 0.15) is 0 Å². The summed E-state index contributed by atoms with van der Waals surface area (Å²) >= 11 is 8.77. The van der Waals surface area contributed by atoms with E-state index in [1.54, 1.807) is 0 Å². The SMILES string of the molecule is CCOC(=S)[S-].[K]. The molecule has 0 aliphatic heterocycles. The summed E-state index contributed by atoms with van der Waals surface area (Å²) in [5.41, 5.74) is 0. The van der Waals surface area contributed by atoms with Crippen molar-refractivity contribution in [2.75, 3.05) is 6.61 Å². The average molecular weight is 160 g/mol. The first-order valence-corrected chi connectivity index (χ1v) is 2.42. The fraction of sp³-hybridized carbons (Fsp3) is 0.667. The Hall–Kier alpha value is 1.75. The van der Waals surface area contributed by atoms with Crippen molar-refractivity contribution in [1.82, 2.24) is 0 Å². The molecule has 0 saturated carbocycles. The normalized spacial score (nSPS) is 6.43. The molecule has 0 aromatic heterocycles. The largest absolute Gasteiger partial charge is 0.514 e. The van der Waals surface area contributed by atoms with Crippen molar-refractivity contribution in [3.05, 3.63) is 0 Å². The van der Waals surface area contributed by atoms with Crippen molar-refractivity contribution in [2.24, 2.45) is 0 Å². The Bertz CT molecular complexity index is 56.9. The Balaban J connectivity index is 0. The Morgan fingerprint density at radius 3 is 2.29 bits per heavy atom. The van der Waals surface area contributed by atoms with Gasteiger partial charge >= 0.3 is 0 Å². The topological polar surface area (TPSA) is 9.23 Å². The van der Waals surface area contributed by atoms with Crippen LogP contribution in [0, 0.1) is 0 Å². The quantitative estimate of drug-likeness (QED) is 0.314. The van der Waals surface area contributed by atoms with Gasteiger partial charge in [0, 0.05) is 55.8 Å². The maximum Gasteiger partial charge on any atom is 0.0830 e. The molecule has 0 spiro atoms. The van der Waals surface area contributed by atoms with Crippen molar-refractivity contribution in [2.45, 2.75) is 6.92 Å². The van der Waals surface area contributed by atoms with Gasteiger partial charge in [-0.15, -0.1) is 0 Å². The predicted octanol–water partition coefficient (Wildman–Crippen LogP) is 0.474. The van der Waals surface area contributed by atoms with Crippen molar-refractivity contribution in [3.63, 3.8) is 0 Å². The van der Waals surface area contributed by atoms with Gasteiger partial charge < -0.3 is 29.6 Å². The molecule has 0 amide bonds. The molecular weight excluding hydrogens is 155 g/mol. The van der Waals surface area contributed by atoms with Crippen molar-refractivity contribution in [1.29, 1.82) is 0 Å². The molecule has 0 aromatic rings. The van der Waals surface area contributed by atoms with Crippen LogP contribution in [0.15, 0.2) is 0 Å². The average Bonchev–Trinajstić information content (AvgIpc) is 1.35. The van der Waals surface area contributed by atoms with Crippen molar-refractivity contribution >= 4 is 80.6 Å². The maximum absolute atomic E-state index is 4.59. The molecule has 0 fully saturated rings. The fourth-order valence-electron chi connectivity index (χ4n) is 0.118. The van der Waals surface area contributed by atoms with Crippen LogP contribution in [0.25, 0.3) is 0 Å². The van der Waals surface area contributed by atoms with Crippen LogP contribution in [-0.2, 0) is 17.4 Å². The molecule has 0 aliphatic carbocycles. The summed E-state index contributed by atoms with van der Waals surface area (Å²) in [5, 5.41) is 0. The summed E-state index contributed by atoms with van der Waals surface area (Å²) < 4.78 is 4.79. The second kappa shape index (κ2) is 7.75. The van der Waals surface area contributed by atoms with Gasteiger partial charge in [0.15, 0.2) is 0 Å². The molecule has 0 atom stereocenters. The smallest absolute Gasteiger partial charge is 0.0830 e. The van der Waals surface area contributed by atoms with E-state index in [0.29, 0.717) is 6.61 Å². The summed E-state index contributed by atoms with van der Waals surface area (Å²) in [4.78, 5) is 0. The van der Waals surface area contributed by atoms with E-state index in [9.17, 15) is 0 Å². The summed E-state index contributed by atoms with van der Waals surface area (Å²) in [6, 6.07) is 0. The van der Waals surface area contributed by atoms with Crippen LogP contribution in [0.3, 0.4) is 0 Å². The Morgan fingerprint density at radius 1 is 1.86 bits per heavy atom. The molecule has 0 aliphatic rings. The zero-order valence-electron chi connectivity index (χ0n) is 4.43. The van der Waals surface area contributed by atoms with Gasteiger partial charge in [0.05, 0.1) is 6.61 Å². The molecule has 1 nitrogen and oxygen atoms in total. The molecule has 37 valence electrons. The van der Waals surface area contributed by atoms with E-state index in [1.165, 1.54) is 0 Å². The summed E-state index contributed by atoms with van der Waals surface area (Å²) in [7, 11) is 0. The second-order valence-electron chi connectivity index (χ2n) is 0.683. The Labute approximate surface area is 97.0 Å². The summed E-state index contributed by atoms with van der Waals surface area (Å²) in [6.07, 6.45) is 0. The first kappa shape index (κ1) is 11.5. The molecular formula is C3H5KOS2-. The first-order chi connectivity index (χ1) is 2.77. The van der Waals surface area contributed by atoms with E-state index in [0.717, 1.165) is 0 Å². The van der Waals surface area contributed by atoms with E-state index < -0.39 is 0 Å². The van der Waals surface area contributed by atoms with E-state index in [-0.39, 0.29) is 55.8 Å². The first-order valence-electron chi connectivity index (χ1n) is 1.61. The van der Waals surface area contributed by atoms with Crippen molar-refractivity contribution in [3.8, 4) is 0 Å². The van der Waals surface area contributed by atoms with Crippen LogP contribution in [0.2, 0.25) is 0 Å². The van der Waals surface area contributed by atoms with Crippen LogP contribution in [0.1, 0.15) is 6.92 Å². The van der Waals surface area contributed by atoms with Crippen LogP contribution in [0.5, 0.6) is 0 Å². The molecule has 1 radical (unpaired) electrons. The number of hydrogen-bond donors (Lipinski definition) is 0. The molecule has 0 unspecified atom stereocenters. The van der Waals surface area contributed by atoms with Crippen LogP contribution < -0.4 is 0 Å². The van der Waals surface area contributed by atoms with Gasteiger partial charge in [-0.1, -0.05) is 0 Å². The Kier molecular flexibility index (Phi) is 12.8. The van der Waals surface area contributed by atoms with E-state index >= 15 is 0 Å². The second-order valence-corrected chi connectivity index (χ2v) is 1.68. The summed E-state index contributed by atoms with van der Waals surface area (Å²) in [5.74, 6) is 0. The van der Waals surface area contributed by atoms with Gasteiger partial charge in [0.2, 0.25) is 0 Å². The molecule has 0 rings (SSSR count). The van der Waals surface area contributed by atoms with Gasteiger partial charge in [-0.05, 0) is 6.92 Å². The molecule has 0 N–H and O–H groups in total. The number of thiocarbonyl (C=S) groups is 1. The Morgan fingerprint density at radius 2 is 2.29 bits per heavy atom. The zero-order chi connectivity index (χ0) is 4.99. The number of ether oxygens (including phenoxy) is 1. The molecule has 7 heavy (non-hydrogen) atoms. The third kappa shape index (κ3) is 11.4. The maximum atomic E-state index is 4.59.